The van der Waals surface area contributed by atoms with E-state index in [0.717, 1.165) is 0 Å². The zero-order valence-corrected chi connectivity index (χ0v) is 8.93. The Labute approximate surface area is 79.7 Å². The maximum Gasteiger partial charge on any atom is 0.255 e. The van der Waals surface area contributed by atoms with Crippen molar-refractivity contribution < 1.29 is 9.18 Å². The molecule has 0 aromatic carbocycles. The van der Waals surface area contributed by atoms with Gasteiger partial charge >= 0.3 is 0 Å². The lowest BCUT2D eigenvalue weighted by Crippen LogP contribution is -2.49. The lowest BCUT2D eigenvalue weighted by atomic mass is 9.77. The van der Waals surface area contributed by atoms with Gasteiger partial charge in [-0.3, -0.25) is 4.79 Å². The fourth-order valence-corrected chi connectivity index (χ4v) is 1.57. The highest BCUT2D eigenvalue weighted by atomic mass is 19.1. The van der Waals surface area contributed by atoms with Crippen molar-refractivity contribution in [3.05, 3.63) is 0 Å². The molecule has 0 aliphatic heterocycles. The molecule has 0 bridgehead atoms. The second-order valence-corrected chi connectivity index (χ2v) is 3.75. The first kappa shape index (κ1) is 12.4. The van der Waals surface area contributed by atoms with Crippen molar-refractivity contribution in [2.45, 2.75) is 46.2 Å². The molecule has 0 fully saturated rings. The van der Waals surface area contributed by atoms with Crippen molar-refractivity contribution in [1.82, 2.24) is 0 Å². The van der Waals surface area contributed by atoms with Crippen LogP contribution in [0, 0.1) is 11.8 Å². The van der Waals surface area contributed by atoms with Crippen molar-refractivity contribution in [1.29, 1.82) is 0 Å². The molecule has 0 aromatic heterocycles. The molecule has 0 aliphatic carbocycles. The Bertz CT molecular complexity index is 172. The summed E-state index contributed by atoms with van der Waals surface area (Å²) in [6, 6.07) is 0. The van der Waals surface area contributed by atoms with Gasteiger partial charge in [0.15, 0.2) is 5.67 Å². The number of alkyl halides is 1. The molecule has 0 spiro atoms. The van der Waals surface area contributed by atoms with Crippen LogP contribution in [0.2, 0.25) is 0 Å². The summed E-state index contributed by atoms with van der Waals surface area (Å²) in [5, 5.41) is 0. The summed E-state index contributed by atoms with van der Waals surface area (Å²) in [5.74, 6) is -1.43. The number of hydrogen-bond acceptors (Lipinski definition) is 1. The number of halogens is 1. The average molecular weight is 189 g/mol. The number of nitrogens with two attached hydrogens (primary N) is 1. The van der Waals surface area contributed by atoms with E-state index < -0.39 is 11.6 Å². The molecule has 3 heteroatoms. The summed E-state index contributed by atoms with van der Waals surface area (Å²) in [6.45, 7) is 7.20. The van der Waals surface area contributed by atoms with Crippen LogP contribution in [0.1, 0.15) is 40.5 Å². The lowest BCUT2D eigenvalue weighted by molar-refractivity contribution is -0.137. The van der Waals surface area contributed by atoms with Gasteiger partial charge in [-0.25, -0.2) is 4.39 Å². The van der Waals surface area contributed by atoms with Gasteiger partial charge in [0.25, 0.3) is 5.91 Å². The van der Waals surface area contributed by atoms with E-state index in [4.69, 9.17) is 5.73 Å². The number of rotatable bonds is 5. The zero-order chi connectivity index (χ0) is 10.6. The highest BCUT2D eigenvalue weighted by Gasteiger charge is 2.45. The third kappa shape index (κ3) is 2.20. The Kier molecular flexibility index (Phi) is 4.37. The predicted molar refractivity (Wildman–Crippen MR) is 51.9 cm³/mol. The summed E-state index contributed by atoms with van der Waals surface area (Å²) in [7, 11) is 0. The van der Waals surface area contributed by atoms with Crippen LogP contribution in [0.15, 0.2) is 0 Å². The first-order chi connectivity index (χ1) is 5.91. The van der Waals surface area contributed by atoms with Crippen LogP contribution in [-0.2, 0) is 4.79 Å². The largest absolute Gasteiger partial charge is 0.367 e. The van der Waals surface area contributed by atoms with Crippen LogP contribution in [0.25, 0.3) is 0 Å². The van der Waals surface area contributed by atoms with Gasteiger partial charge in [0.2, 0.25) is 0 Å². The SMILES string of the molecule is CCC(C)C(F)(C(N)=O)C(C)CC. The van der Waals surface area contributed by atoms with E-state index >= 15 is 0 Å². The molecule has 0 aromatic rings. The van der Waals surface area contributed by atoms with Crippen molar-refractivity contribution in [3.8, 4) is 0 Å². The van der Waals surface area contributed by atoms with E-state index in [1.165, 1.54) is 0 Å². The highest BCUT2D eigenvalue weighted by Crippen LogP contribution is 2.34. The summed E-state index contributed by atoms with van der Waals surface area (Å²) in [5.41, 5.74) is 3.27. The normalized spacial score (nSPS) is 20.4. The van der Waals surface area contributed by atoms with Crippen molar-refractivity contribution in [3.63, 3.8) is 0 Å². The molecule has 2 unspecified atom stereocenters. The Hall–Kier alpha value is -0.600. The third-order valence-corrected chi connectivity index (χ3v) is 3.04. The van der Waals surface area contributed by atoms with Gasteiger partial charge in [0.05, 0.1) is 0 Å². The lowest BCUT2D eigenvalue weighted by Gasteiger charge is -2.32. The third-order valence-electron chi connectivity index (χ3n) is 3.04. The van der Waals surface area contributed by atoms with E-state index in [9.17, 15) is 9.18 Å². The zero-order valence-electron chi connectivity index (χ0n) is 8.93. The molecule has 2 nitrogen and oxygen atoms in total. The van der Waals surface area contributed by atoms with Crippen molar-refractivity contribution in [2.75, 3.05) is 0 Å². The Balaban J connectivity index is 4.82. The molecule has 78 valence electrons. The summed E-state index contributed by atoms with van der Waals surface area (Å²) in [4.78, 5) is 11.1. The minimum atomic E-state index is -1.84. The molecule has 0 heterocycles. The van der Waals surface area contributed by atoms with Crippen molar-refractivity contribution in [2.24, 2.45) is 17.6 Å². The van der Waals surface area contributed by atoms with E-state index in [0.29, 0.717) is 12.8 Å². The molecular weight excluding hydrogens is 169 g/mol. The molecule has 0 radical (unpaired) electrons. The van der Waals surface area contributed by atoms with Gasteiger partial charge in [-0.05, 0) is 24.7 Å². The quantitative estimate of drug-likeness (QED) is 0.708. The molecular formula is C10H20FNO. The molecule has 1 amide bonds. The first-order valence-corrected chi connectivity index (χ1v) is 4.89. The second-order valence-electron chi connectivity index (χ2n) is 3.75. The smallest absolute Gasteiger partial charge is 0.255 e. The minimum absolute atomic E-state index is 0.306. The molecule has 2 N–H and O–H groups in total. The molecule has 2 atom stereocenters. The van der Waals surface area contributed by atoms with Gasteiger partial charge in [-0.2, -0.15) is 0 Å². The van der Waals surface area contributed by atoms with Crippen LogP contribution in [0.5, 0.6) is 0 Å². The van der Waals surface area contributed by atoms with Crippen LogP contribution < -0.4 is 5.73 Å². The number of hydrogen-bond donors (Lipinski definition) is 1. The average Bonchev–Trinajstić information content (AvgIpc) is 2.13. The predicted octanol–water partition coefficient (Wildman–Crippen LogP) is 2.27. The number of amides is 1. The fraction of sp³-hybridized carbons (Fsp3) is 0.900. The molecule has 0 saturated carbocycles. The summed E-state index contributed by atoms with van der Waals surface area (Å²) in [6.07, 6.45) is 1.26. The molecule has 0 aliphatic rings. The maximum atomic E-state index is 14.2. The summed E-state index contributed by atoms with van der Waals surface area (Å²) >= 11 is 0. The standard InChI is InChI=1S/C10H20FNO/c1-5-7(3)10(11,9(12)13)8(4)6-2/h7-8H,5-6H2,1-4H3,(H2,12,13). The van der Waals surface area contributed by atoms with Gasteiger partial charge in [0, 0.05) is 0 Å². The molecule has 0 rings (SSSR count). The van der Waals surface area contributed by atoms with Gasteiger partial charge < -0.3 is 5.73 Å². The number of carbonyl (C=O) groups is 1. The van der Waals surface area contributed by atoms with E-state index in [2.05, 4.69) is 0 Å². The Morgan fingerprint density at radius 2 is 1.62 bits per heavy atom. The number of carbonyl (C=O) groups excluding carboxylic acids is 1. The fourth-order valence-electron chi connectivity index (χ4n) is 1.57. The van der Waals surface area contributed by atoms with Gasteiger partial charge in [-0.1, -0.05) is 27.7 Å². The van der Waals surface area contributed by atoms with Gasteiger partial charge in [-0.15, -0.1) is 0 Å². The van der Waals surface area contributed by atoms with Crippen LogP contribution in [0.4, 0.5) is 4.39 Å². The van der Waals surface area contributed by atoms with E-state index in [-0.39, 0.29) is 11.8 Å². The van der Waals surface area contributed by atoms with E-state index in [1.54, 1.807) is 13.8 Å². The minimum Gasteiger partial charge on any atom is -0.367 e. The Morgan fingerprint density at radius 1 is 1.31 bits per heavy atom. The Morgan fingerprint density at radius 3 is 1.77 bits per heavy atom. The topological polar surface area (TPSA) is 43.1 Å². The van der Waals surface area contributed by atoms with E-state index in [1.807, 2.05) is 13.8 Å². The van der Waals surface area contributed by atoms with Crippen LogP contribution in [-0.4, -0.2) is 11.6 Å². The maximum absolute atomic E-state index is 14.2. The molecule has 0 saturated heterocycles. The first-order valence-electron chi connectivity index (χ1n) is 4.89. The second kappa shape index (κ2) is 4.58. The highest BCUT2D eigenvalue weighted by molar-refractivity contribution is 5.84. The van der Waals surface area contributed by atoms with Crippen LogP contribution in [0.3, 0.4) is 0 Å². The van der Waals surface area contributed by atoms with Crippen molar-refractivity contribution >= 4 is 5.91 Å². The monoisotopic (exact) mass is 189 g/mol. The summed E-state index contributed by atoms with van der Waals surface area (Å²) < 4.78 is 14.2. The van der Waals surface area contributed by atoms with Gasteiger partial charge in [0.1, 0.15) is 0 Å². The van der Waals surface area contributed by atoms with Crippen LogP contribution >= 0.6 is 0 Å². The number of primary amides is 1. The molecule has 13 heavy (non-hydrogen) atoms.